The van der Waals surface area contributed by atoms with Crippen molar-refractivity contribution in [1.29, 1.82) is 0 Å². The van der Waals surface area contributed by atoms with Gasteiger partial charge in [-0.1, -0.05) is 6.92 Å². The first kappa shape index (κ1) is 10.2. The minimum Gasteiger partial charge on any atom is -0.463 e. The number of esters is 1. The number of hydrogen-bond donors (Lipinski definition) is 1. The van der Waals surface area contributed by atoms with Gasteiger partial charge in [-0.05, 0) is 19.4 Å². The van der Waals surface area contributed by atoms with Crippen molar-refractivity contribution < 1.29 is 14.6 Å². The van der Waals surface area contributed by atoms with Gasteiger partial charge in [-0.2, -0.15) is 0 Å². The lowest BCUT2D eigenvalue weighted by molar-refractivity contribution is -0.137. The molecular formula is C8H14O3. The van der Waals surface area contributed by atoms with E-state index in [1.54, 1.807) is 6.92 Å². The van der Waals surface area contributed by atoms with E-state index in [2.05, 4.69) is 4.74 Å². The number of carbonyl (C=O) groups is 1. The average Bonchev–Trinajstić information content (AvgIpc) is 2.01. The molecule has 0 amide bonds. The Morgan fingerprint density at radius 1 is 1.64 bits per heavy atom. The van der Waals surface area contributed by atoms with Gasteiger partial charge in [-0.3, -0.25) is 0 Å². The summed E-state index contributed by atoms with van der Waals surface area (Å²) in [6.45, 7) is 3.94. The molecule has 0 heterocycles. The van der Waals surface area contributed by atoms with Crippen LogP contribution in [0.2, 0.25) is 0 Å². The third kappa shape index (κ3) is 5.61. The van der Waals surface area contributed by atoms with Crippen LogP contribution in [-0.2, 0) is 9.53 Å². The van der Waals surface area contributed by atoms with Gasteiger partial charge < -0.3 is 9.84 Å². The lowest BCUT2D eigenvalue weighted by atomic mass is 10.2. The largest absolute Gasteiger partial charge is 0.463 e. The van der Waals surface area contributed by atoms with Crippen LogP contribution in [0.5, 0.6) is 0 Å². The molecule has 0 radical (unpaired) electrons. The maximum atomic E-state index is 10.6. The lowest BCUT2D eigenvalue weighted by Gasteiger charge is -1.98. The number of aliphatic hydroxyl groups is 1. The quantitative estimate of drug-likeness (QED) is 0.488. The van der Waals surface area contributed by atoms with E-state index in [1.807, 2.05) is 6.92 Å². The monoisotopic (exact) mass is 158 g/mol. The van der Waals surface area contributed by atoms with E-state index in [0.717, 1.165) is 0 Å². The number of carbonyl (C=O) groups excluding carboxylic acids is 1. The third-order valence-electron chi connectivity index (χ3n) is 1.16. The molecule has 0 fully saturated rings. The Bertz CT molecular complexity index is 140. The summed E-state index contributed by atoms with van der Waals surface area (Å²) < 4.78 is 4.60. The smallest absolute Gasteiger partial charge is 0.330 e. The minimum absolute atomic E-state index is 0.366. The third-order valence-corrected chi connectivity index (χ3v) is 1.16. The molecule has 0 saturated carbocycles. The van der Waals surface area contributed by atoms with Crippen molar-refractivity contribution in [1.82, 2.24) is 0 Å². The molecule has 0 aliphatic heterocycles. The Balaban J connectivity index is 3.63. The molecule has 0 unspecified atom stereocenters. The van der Waals surface area contributed by atoms with Gasteiger partial charge in [0.25, 0.3) is 0 Å². The highest BCUT2D eigenvalue weighted by Gasteiger charge is 1.96. The zero-order valence-electron chi connectivity index (χ0n) is 6.91. The molecular weight excluding hydrogens is 144 g/mol. The van der Waals surface area contributed by atoms with Crippen molar-refractivity contribution in [2.75, 3.05) is 6.61 Å². The van der Waals surface area contributed by atoms with Crippen molar-refractivity contribution in [2.24, 2.45) is 0 Å². The van der Waals surface area contributed by atoms with Crippen LogP contribution < -0.4 is 0 Å². The summed E-state index contributed by atoms with van der Waals surface area (Å²) in [5.74, 6) is -0.403. The molecule has 0 aromatic carbocycles. The SMILES string of the molecule is CCOC(=O)/C=C/[C@H](O)CC. The molecule has 1 N–H and O–H groups in total. The second-order valence-corrected chi connectivity index (χ2v) is 2.09. The molecule has 0 bridgehead atoms. The van der Waals surface area contributed by atoms with E-state index in [4.69, 9.17) is 5.11 Å². The van der Waals surface area contributed by atoms with Crippen LogP contribution in [0.15, 0.2) is 12.2 Å². The first-order chi connectivity index (χ1) is 5.20. The summed E-state index contributed by atoms with van der Waals surface area (Å²) in [5.41, 5.74) is 0. The molecule has 0 aliphatic rings. The summed E-state index contributed by atoms with van der Waals surface area (Å²) in [5, 5.41) is 8.98. The summed E-state index contributed by atoms with van der Waals surface area (Å²) >= 11 is 0. The van der Waals surface area contributed by atoms with Crippen LogP contribution in [0.3, 0.4) is 0 Å². The Morgan fingerprint density at radius 3 is 2.73 bits per heavy atom. The van der Waals surface area contributed by atoms with Crippen LogP contribution in [0, 0.1) is 0 Å². The predicted molar refractivity (Wildman–Crippen MR) is 42.1 cm³/mol. The van der Waals surface area contributed by atoms with Gasteiger partial charge in [0.05, 0.1) is 12.7 Å². The van der Waals surface area contributed by atoms with Gasteiger partial charge >= 0.3 is 5.97 Å². The number of rotatable bonds is 4. The molecule has 64 valence electrons. The van der Waals surface area contributed by atoms with Crippen molar-refractivity contribution >= 4 is 5.97 Å². The van der Waals surface area contributed by atoms with Gasteiger partial charge in [0.1, 0.15) is 0 Å². The summed E-state index contributed by atoms with van der Waals surface area (Å²) in [4.78, 5) is 10.6. The topological polar surface area (TPSA) is 46.5 Å². The summed E-state index contributed by atoms with van der Waals surface area (Å²) in [6.07, 6.45) is 2.74. The Morgan fingerprint density at radius 2 is 2.27 bits per heavy atom. The predicted octanol–water partition coefficient (Wildman–Crippen LogP) is 0.877. The Kier molecular flexibility index (Phi) is 5.47. The van der Waals surface area contributed by atoms with Crippen LogP contribution in [0.1, 0.15) is 20.3 Å². The minimum atomic E-state index is -0.542. The molecule has 3 nitrogen and oxygen atoms in total. The summed E-state index contributed by atoms with van der Waals surface area (Å²) in [6, 6.07) is 0. The van der Waals surface area contributed by atoms with Crippen LogP contribution >= 0.6 is 0 Å². The van der Waals surface area contributed by atoms with Crippen molar-refractivity contribution in [3.63, 3.8) is 0 Å². The number of aliphatic hydroxyl groups excluding tert-OH is 1. The van der Waals surface area contributed by atoms with E-state index in [-0.39, 0.29) is 0 Å². The van der Waals surface area contributed by atoms with E-state index in [0.29, 0.717) is 13.0 Å². The molecule has 0 aromatic heterocycles. The zero-order chi connectivity index (χ0) is 8.69. The highest BCUT2D eigenvalue weighted by atomic mass is 16.5. The molecule has 0 aromatic rings. The first-order valence-electron chi connectivity index (χ1n) is 3.73. The fourth-order valence-corrected chi connectivity index (χ4v) is 0.516. The van der Waals surface area contributed by atoms with Gasteiger partial charge in [0.15, 0.2) is 0 Å². The van der Waals surface area contributed by atoms with Crippen LogP contribution in [0.25, 0.3) is 0 Å². The second-order valence-electron chi connectivity index (χ2n) is 2.09. The molecule has 3 heteroatoms. The van der Waals surface area contributed by atoms with Gasteiger partial charge in [0.2, 0.25) is 0 Å². The van der Waals surface area contributed by atoms with E-state index in [1.165, 1.54) is 12.2 Å². The normalized spacial score (nSPS) is 13.4. The first-order valence-corrected chi connectivity index (χ1v) is 3.73. The summed E-state index contributed by atoms with van der Waals surface area (Å²) in [7, 11) is 0. The molecule has 0 saturated heterocycles. The fourth-order valence-electron chi connectivity index (χ4n) is 0.516. The molecule has 0 spiro atoms. The Hall–Kier alpha value is -0.830. The van der Waals surface area contributed by atoms with E-state index >= 15 is 0 Å². The molecule has 0 rings (SSSR count). The van der Waals surface area contributed by atoms with Gasteiger partial charge in [-0.25, -0.2) is 4.79 Å². The molecule has 1 atom stereocenters. The van der Waals surface area contributed by atoms with Gasteiger partial charge in [0, 0.05) is 6.08 Å². The maximum Gasteiger partial charge on any atom is 0.330 e. The number of ether oxygens (including phenoxy) is 1. The average molecular weight is 158 g/mol. The number of hydrogen-bond acceptors (Lipinski definition) is 3. The highest BCUT2D eigenvalue weighted by molar-refractivity contribution is 5.81. The van der Waals surface area contributed by atoms with Crippen molar-refractivity contribution in [2.45, 2.75) is 26.4 Å². The molecule has 11 heavy (non-hydrogen) atoms. The van der Waals surface area contributed by atoms with Crippen molar-refractivity contribution in [3.8, 4) is 0 Å². The van der Waals surface area contributed by atoms with E-state index < -0.39 is 12.1 Å². The van der Waals surface area contributed by atoms with Gasteiger partial charge in [-0.15, -0.1) is 0 Å². The lowest BCUT2D eigenvalue weighted by Crippen LogP contribution is -2.03. The fraction of sp³-hybridized carbons (Fsp3) is 0.625. The van der Waals surface area contributed by atoms with E-state index in [9.17, 15) is 4.79 Å². The highest BCUT2D eigenvalue weighted by Crippen LogP contribution is 1.92. The standard InChI is InChI=1S/C8H14O3/c1-3-7(9)5-6-8(10)11-4-2/h5-7,9H,3-4H2,1-2H3/b6-5+/t7-/m1/s1. The second kappa shape index (κ2) is 5.92. The molecule has 0 aliphatic carbocycles. The van der Waals surface area contributed by atoms with Crippen molar-refractivity contribution in [3.05, 3.63) is 12.2 Å². The Labute approximate surface area is 66.7 Å². The maximum absolute atomic E-state index is 10.6. The van der Waals surface area contributed by atoms with Crippen LogP contribution in [0.4, 0.5) is 0 Å². The zero-order valence-corrected chi connectivity index (χ0v) is 6.91. The van der Waals surface area contributed by atoms with Crippen LogP contribution in [-0.4, -0.2) is 23.8 Å².